The molecule has 13 heteroatoms. The predicted molar refractivity (Wildman–Crippen MR) is 118 cm³/mol. The summed E-state index contributed by atoms with van der Waals surface area (Å²) in [5.41, 5.74) is -3.79. The second-order valence-electron chi connectivity index (χ2n) is 9.69. The summed E-state index contributed by atoms with van der Waals surface area (Å²) in [4.78, 5) is 0. The summed E-state index contributed by atoms with van der Waals surface area (Å²) in [7, 11) is 0. The number of hydrogen-bond acceptors (Lipinski definition) is 13. The van der Waals surface area contributed by atoms with Gasteiger partial charge in [-0.1, -0.05) is 0 Å². The first-order valence-electron chi connectivity index (χ1n) is 11.8. The molecule has 35 heavy (non-hydrogen) atoms. The van der Waals surface area contributed by atoms with E-state index in [0.717, 1.165) is 26.4 Å². The molecule has 0 aromatic heterocycles. The van der Waals surface area contributed by atoms with Crippen molar-refractivity contribution in [2.45, 2.75) is 42.9 Å². The van der Waals surface area contributed by atoms with Gasteiger partial charge in [-0.05, 0) is 0 Å². The van der Waals surface area contributed by atoms with Crippen molar-refractivity contribution in [3.8, 4) is 0 Å². The van der Waals surface area contributed by atoms with E-state index >= 15 is 0 Å². The van der Waals surface area contributed by atoms with Crippen LogP contribution >= 0.6 is 0 Å². The smallest absolute Gasteiger partial charge is 0.104 e. The first-order valence-corrected chi connectivity index (χ1v) is 11.8. The first-order chi connectivity index (χ1) is 16.8. The maximum Gasteiger partial charge on any atom is 0.104 e. The quantitative estimate of drug-likeness (QED) is 0.0921. The molecule has 0 bridgehead atoms. The van der Waals surface area contributed by atoms with Gasteiger partial charge in [-0.3, -0.25) is 0 Å². The van der Waals surface area contributed by atoms with Crippen molar-refractivity contribution in [2.75, 3.05) is 85.9 Å². The van der Waals surface area contributed by atoms with Gasteiger partial charge in [0.25, 0.3) is 0 Å². The molecule has 8 N–H and O–H groups in total. The Hall–Kier alpha value is -0.520. The van der Waals surface area contributed by atoms with Crippen LogP contribution in [-0.4, -0.2) is 157 Å². The average Bonchev–Trinajstić information content (AvgIpc) is 3.68. The van der Waals surface area contributed by atoms with Gasteiger partial charge in [0, 0.05) is 12.8 Å². The van der Waals surface area contributed by atoms with Gasteiger partial charge in [0.1, 0.15) is 12.2 Å². The van der Waals surface area contributed by atoms with Crippen molar-refractivity contribution in [2.24, 2.45) is 10.8 Å². The molecule has 4 unspecified atom stereocenters. The number of hydrogen-bond donors (Lipinski definition) is 8. The molecule has 0 aromatic rings. The Morgan fingerprint density at radius 2 is 0.857 bits per heavy atom. The highest BCUT2D eigenvalue weighted by Gasteiger charge is 2.54. The second-order valence-corrected chi connectivity index (χ2v) is 9.69. The zero-order valence-electron chi connectivity index (χ0n) is 20.0. The Morgan fingerprint density at radius 1 is 0.543 bits per heavy atom. The molecule has 0 spiro atoms. The van der Waals surface area contributed by atoms with Crippen LogP contribution in [0.25, 0.3) is 0 Å². The Labute approximate surface area is 204 Å². The fraction of sp³-hybridized carbons (Fsp3) is 1.00. The molecule has 0 amide bonds. The number of ether oxygens (including phenoxy) is 5. The van der Waals surface area contributed by atoms with E-state index in [9.17, 15) is 20.4 Å². The van der Waals surface area contributed by atoms with Crippen LogP contribution in [-0.2, 0) is 23.7 Å². The summed E-state index contributed by atoms with van der Waals surface area (Å²) in [6, 6.07) is 0. The monoisotopic (exact) mass is 514 g/mol. The van der Waals surface area contributed by atoms with Gasteiger partial charge in [0.15, 0.2) is 0 Å². The maximum absolute atomic E-state index is 10.7. The zero-order valence-corrected chi connectivity index (χ0v) is 20.0. The van der Waals surface area contributed by atoms with Crippen molar-refractivity contribution in [1.29, 1.82) is 0 Å². The van der Waals surface area contributed by atoms with E-state index in [1.54, 1.807) is 0 Å². The van der Waals surface area contributed by atoms with E-state index in [-0.39, 0.29) is 12.2 Å². The summed E-state index contributed by atoms with van der Waals surface area (Å²) in [6.45, 7) is 1.36. The third-order valence-electron chi connectivity index (χ3n) is 6.58. The Bertz CT molecular complexity index is 516. The highest BCUT2D eigenvalue weighted by Crippen LogP contribution is 2.42. The number of aliphatic hydroxyl groups is 8. The molecule has 0 aliphatic carbocycles. The van der Waals surface area contributed by atoms with Crippen molar-refractivity contribution < 1.29 is 64.5 Å². The summed E-state index contributed by atoms with van der Waals surface area (Å²) < 4.78 is 25.3. The van der Waals surface area contributed by atoms with Gasteiger partial charge >= 0.3 is 0 Å². The highest BCUT2D eigenvalue weighted by atomic mass is 16.6. The van der Waals surface area contributed by atoms with Crippen LogP contribution in [0.5, 0.6) is 0 Å². The summed E-state index contributed by atoms with van der Waals surface area (Å²) in [6.07, 6.45) is 1.28. The van der Waals surface area contributed by atoms with Crippen LogP contribution in [0.2, 0.25) is 0 Å². The summed E-state index contributed by atoms with van der Waals surface area (Å²) in [5, 5.41) is 72.9. The van der Waals surface area contributed by atoms with Crippen LogP contribution in [0.4, 0.5) is 0 Å². The van der Waals surface area contributed by atoms with E-state index in [1.807, 2.05) is 0 Å². The summed E-state index contributed by atoms with van der Waals surface area (Å²) in [5.74, 6) is 0. The van der Waals surface area contributed by atoms with Gasteiger partial charge < -0.3 is 64.5 Å². The molecule has 4 aliphatic rings. The standard InChI is InChI=1S/C11H20O6.C6H10O3.C5H12O4/c12-5-10(6-13,7-14)11(15,1-8-3-16-8)2-9-4-17-9;1(5-3-8-5)7-2-6-4-9-6;6-1-5(2-7,3-8)4-9/h8-9,12-15H,1-7H2;5-6H,1-4H2;6-9H,1-4H2. The SMILES string of the molecule is C(OCC1CO1)C1CO1.OCC(CO)(CO)C(O)(CC1CO1)CC1CO1.OCC(CO)(CO)CO. The molecule has 13 nitrogen and oxygen atoms in total. The van der Waals surface area contributed by atoms with Crippen LogP contribution in [0.15, 0.2) is 0 Å². The van der Waals surface area contributed by atoms with Crippen molar-refractivity contribution >= 4 is 0 Å². The van der Waals surface area contributed by atoms with Crippen molar-refractivity contribution in [1.82, 2.24) is 0 Å². The fourth-order valence-electron chi connectivity index (χ4n) is 3.19. The highest BCUT2D eigenvalue weighted by molar-refractivity contribution is 5.03. The summed E-state index contributed by atoms with van der Waals surface area (Å²) >= 11 is 0. The van der Waals surface area contributed by atoms with Crippen molar-refractivity contribution in [3.05, 3.63) is 0 Å². The van der Waals surface area contributed by atoms with Crippen LogP contribution in [0, 0.1) is 10.8 Å². The third kappa shape index (κ3) is 10.0. The minimum atomic E-state index is -1.37. The second kappa shape index (κ2) is 14.4. The van der Waals surface area contributed by atoms with Gasteiger partial charge in [-0.2, -0.15) is 0 Å². The van der Waals surface area contributed by atoms with Crippen molar-refractivity contribution in [3.63, 3.8) is 0 Å². The molecule has 4 heterocycles. The lowest BCUT2D eigenvalue weighted by Crippen LogP contribution is -2.57. The molecular formula is C22H42O13. The Kier molecular flexibility index (Phi) is 12.7. The minimum absolute atomic E-state index is 0.0530. The lowest BCUT2D eigenvalue weighted by atomic mass is 9.68. The van der Waals surface area contributed by atoms with E-state index in [1.165, 1.54) is 0 Å². The number of rotatable bonds is 16. The first kappa shape index (κ1) is 30.7. The minimum Gasteiger partial charge on any atom is -0.396 e. The zero-order chi connectivity index (χ0) is 26.0. The van der Waals surface area contributed by atoms with Gasteiger partial charge in [0.05, 0.1) is 115 Å². The Morgan fingerprint density at radius 3 is 1.06 bits per heavy atom. The van der Waals surface area contributed by atoms with Gasteiger partial charge in [-0.25, -0.2) is 0 Å². The molecular weight excluding hydrogens is 472 g/mol. The van der Waals surface area contributed by atoms with Crippen LogP contribution in [0.1, 0.15) is 12.8 Å². The molecule has 4 rings (SSSR count). The van der Waals surface area contributed by atoms with Gasteiger partial charge in [-0.15, -0.1) is 0 Å². The average molecular weight is 515 g/mol. The molecule has 0 aromatic carbocycles. The lowest BCUT2D eigenvalue weighted by Gasteiger charge is -2.44. The maximum atomic E-state index is 10.7. The van der Waals surface area contributed by atoms with Crippen LogP contribution in [0.3, 0.4) is 0 Å². The van der Waals surface area contributed by atoms with E-state index in [2.05, 4.69) is 0 Å². The van der Waals surface area contributed by atoms with E-state index < -0.39 is 62.7 Å². The topological polar surface area (TPSA) is 221 Å². The number of epoxide rings is 4. The largest absolute Gasteiger partial charge is 0.396 e. The molecule has 0 saturated carbocycles. The van der Waals surface area contributed by atoms with E-state index in [4.69, 9.17) is 44.1 Å². The fourth-order valence-corrected chi connectivity index (χ4v) is 3.19. The van der Waals surface area contributed by atoms with E-state index in [0.29, 0.717) is 38.3 Å². The normalized spacial score (nSPS) is 28.1. The molecule has 4 atom stereocenters. The molecule has 4 fully saturated rings. The Balaban J connectivity index is 0.000000203. The molecule has 208 valence electrons. The third-order valence-corrected chi connectivity index (χ3v) is 6.58. The number of aliphatic hydroxyl groups excluding tert-OH is 7. The van der Waals surface area contributed by atoms with Gasteiger partial charge in [0.2, 0.25) is 0 Å². The predicted octanol–water partition coefficient (Wildman–Crippen LogP) is -4.00. The lowest BCUT2D eigenvalue weighted by molar-refractivity contribution is -0.164. The molecule has 4 saturated heterocycles. The molecule has 4 aliphatic heterocycles. The van der Waals surface area contributed by atoms with Crippen LogP contribution < -0.4 is 0 Å². The molecule has 0 radical (unpaired) electrons.